The summed E-state index contributed by atoms with van der Waals surface area (Å²) in [7, 11) is 0. The summed E-state index contributed by atoms with van der Waals surface area (Å²) in [6.07, 6.45) is -0.221. The number of alkyl halides is 2. The van der Waals surface area contributed by atoms with Crippen molar-refractivity contribution < 1.29 is 28.2 Å². The molecule has 0 amide bonds. The maximum atomic E-state index is 12.1. The molecule has 1 fully saturated rings. The van der Waals surface area contributed by atoms with Gasteiger partial charge >= 0.3 is 12.6 Å². The fourth-order valence-electron chi connectivity index (χ4n) is 2.07. The molecule has 0 aromatic heterocycles. The fraction of sp³-hybridized carbons (Fsp3) is 0.333. The molecular formula is C12H10F2O4. The molecule has 18 heavy (non-hydrogen) atoms. The highest BCUT2D eigenvalue weighted by atomic mass is 19.3. The molecule has 0 aliphatic heterocycles. The van der Waals surface area contributed by atoms with Gasteiger partial charge in [-0.3, -0.25) is 9.59 Å². The van der Waals surface area contributed by atoms with E-state index in [1.165, 1.54) is 24.3 Å². The topological polar surface area (TPSA) is 63.6 Å². The van der Waals surface area contributed by atoms with Crippen LogP contribution in [0, 0.1) is 0 Å². The first kappa shape index (κ1) is 12.5. The number of carbonyl (C=O) groups is 2. The highest BCUT2D eigenvalue weighted by Crippen LogP contribution is 2.42. The second-order valence-corrected chi connectivity index (χ2v) is 4.19. The minimum Gasteiger partial charge on any atom is -0.481 e. The van der Waals surface area contributed by atoms with E-state index in [2.05, 4.69) is 4.74 Å². The van der Waals surface area contributed by atoms with Gasteiger partial charge in [-0.25, -0.2) is 0 Å². The van der Waals surface area contributed by atoms with Crippen molar-refractivity contribution in [1.82, 2.24) is 0 Å². The summed E-state index contributed by atoms with van der Waals surface area (Å²) in [5, 5.41) is 9.19. The maximum Gasteiger partial charge on any atom is 0.387 e. The van der Waals surface area contributed by atoms with Gasteiger partial charge in [-0.05, 0) is 17.7 Å². The fourth-order valence-corrected chi connectivity index (χ4v) is 2.07. The number of Topliss-reactive ketones (excluding diaryl/α,β-unsaturated/α-hetero) is 1. The van der Waals surface area contributed by atoms with Crippen LogP contribution in [0.15, 0.2) is 24.3 Å². The number of carboxylic acid groups (broad SMARTS) is 1. The number of aliphatic carboxylic acids is 1. The summed E-state index contributed by atoms with van der Waals surface area (Å²) < 4.78 is 28.4. The second kappa shape index (κ2) is 4.36. The molecule has 1 aliphatic carbocycles. The van der Waals surface area contributed by atoms with Crippen LogP contribution in [0.3, 0.4) is 0 Å². The van der Waals surface area contributed by atoms with Gasteiger partial charge in [-0.2, -0.15) is 8.78 Å². The molecule has 6 heteroatoms. The Hall–Kier alpha value is -1.98. The zero-order chi connectivity index (χ0) is 13.3. The molecule has 0 atom stereocenters. The summed E-state index contributed by atoms with van der Waals surface area (Å²) >= 11 is 0. The number of carboxylic acids is 1. The summed E-state index contributed by atoms with van der Waals surface area (Å²) in [6, 6.07) is 5.48. The first-order chi connectivity index (χ1) is 8.44. The summed E-state index contributed by atoms with van der Waals surface area (Å²) in [4.78, 5) is 22.3. The largest absolute Gasteiger partial charge is 0.481 e. The zero-order valence-corrected chi connectivity index (χ0v) is 9.23. The lowest BCUT2D eigenvalue weighted by Gasteiger charge is -2.36. The molecule has 96 valence electrons. The van der Waals surface area contributed by atoms with Crippen LogP contribution in [0.5, 0.6) is 5.75 Å². The molecule has 1 aromatic rings. The van der Waals surface area contributed by atoms with E-state index in [-0.39, 0.29) is 24.4 Å². The lowest BCUT2D eigenvalue weighted by molar-refractivity contribution is -0.153. The van der Waals surface area contributed by atoms with Crippen LogP contribution in [0.25, 0.3) is 0 Å². The van der Waals surface area contributed by atoms with E-state index < -0.39 is 18.0 Å². The third-order valence-corrected chi connectivity index (χ3v) is 3.02. The molecule has 1 saturated carbocycles. The quantitative estimate of drug-likeness (QED) is 0.894. The van der Waals surface area contributed by atoms with E-state index in [0.29, 0.717) is 5.56 Å². The molecule has 4 nitrogen and oxygen atoms in total. The Balaban J connectivity index is 2.32. The first-order valence-corrected chi connectivity index (χ1v) is 5.24. The number of hydrogen-bond acceptors (Lipinski definition) is 3. The smallest absolute Gasteiger partial charge is 0.387 e. The summed E-state index contributed by atoms with van der Waals surface area (Å²) in [6.45, 7) is -2.97. The molecule has 0 heterocycles. The predicted octanol–water partition coefficient (Wildman–Crippen LogP) is 1.97. The van der Waals surface area contributed by atoms with Gasteiger partial charge in [-0.1, -0.05) is 12.1 Å². The Morgan fingerprint density at radius 2 is 2.06 bits per heavy atom. The number of hydrogen-bond donors (Lipinski definition) is 1. The van der Waals surface area contributed by atoms with Crippen LogP contribution >= 0.6 is 0 Å². The minimum atomic E-state index is -2.97. The van der Waals surface area contributed by atoms with Gasteiger partial charge in [0, 0.05) is 12.8 Å². The van der Waals surface area contributed by atoms with Crippen LogP contribution < -0.4 is 4.74 Å². The minimum absolute atomic E-state index is 0.109. The van der Waals surface area contributed by atoms with Gasteiger partial charge in [0.15, 0.2) is 0 Å². The third-order valence-electron chi connectivity index (χ3n) is 3.02. The normalized spacial score (nSPS) is 17.4. The number of rotatable bonds is 4. The number of carbonyl (C=O) groups excluding carboxylic acids is 1. The number of ether oxygens (including phenoxy) is 1. The summed E-state index contributed by atoms with van der Waals surface area (Å²) in [5.41, 5.74) is -0.980. The standard InChI is InChI=1S/C12H10F2O4/c13-11(14)18-9-3-1-2-7(4-9)12(10(16)17)5-8(15)6-12/h1-4,11H,5-6H2,(H,16,17). The van der Waals surface area contributed by atoms with Gasteiger partial charge in [0.25, 0.3) is 0 Å². The van der Waals surface area contributed by atoms with E-state index in [1.807, 2.05) is 0 Å². The number of benzene rings is 1. The average Bonchev–Trinajstić information content (AvgIpc) is 2.23. The second-order valence-electron chi connectivity index (χ2n) is 4.19. The van der Waals surface area contributed by atoms with Crippen molar-refractivity contribution in [3.63, 3.8) is 0 Å². The van der Waals surface area contributed by atoms with Gasteiger partial charge < -0.3 is 9.84 Å². The van der Waals surface area contributed by atoms with Crippen molar-refractivity contribution in [2.75, 3.05) is 0 Å². The average molecular weight is 256 g/mol. The van der Waals surface area contributed by atoms with Gasteiger partial charge in [0.2, 0.25) is 0 Å². The lowest BCUT2D eigenvalue weighted by atomic mass is 9.63. The van der Waals surface area contributed by atoms with E-state index >= 15 is 0 Å². The van der Waals surface area contributed by atoms with E-state index in [9.17, 15) is 23.5 Å². The zero-order valence-electron chi connectivity index (χ0n) is 9.23. The van der Waals surface area contributed by atoms with Crippen LogP contribution in [-0.4, -0.2) is 23.5 Å². The first-order valence-electron chi connectivity index (χ1n) is 5.24. The predicted molar refractivity (Wildman–Crippen MR) is 56.6 cm³/mol. The third kappa shape index (κ3) is 2.05. The number of halogens is 2. The molecule has 1 N–H and O–H groups in total. The molecule has 0 radical (unpaired) electrons. The van der Waals surface area contributed by atoms with Crippen molar-refractivity contribution >= 4 is 11.8 Å². The Bertz CT molecular complexity index is 491. The van der Waals surface area contributed by atoms with Crippen LogP contribution in [-0.2, 0) is 15.0 Å². The molecule has 0 unspecified atom stereocenters. The van der Waals surface area contributed by atoms with Gasteiger partial charge in [0.05, 0.1) is 0 Å². The Morgan fingerprint density at radius 1 is 1.39 bits per heavy atom. The number of ketones is 1. The molecule has 1 aliphatic rings. The summed E-state index contributed by atoms with van der Waals surface area (Å²) in [5.74, 6) is -1.39. The van der Waals surface area contributed by atoms with Crippen molar-refractivity contribution in [2.24, 2.45) is 0 Å². The maximum absolute atomic E-state index is 12.1. The molecule has 2 rings (SSSR count). The highest BCUT2D eigenvalue weighted by Gasteiger charge is 2.51. The Labute approximate surface area is 101 Å². The van der Waals surface area contributed by atoms with Gasteiger partial charge in [-0.15, -0.1) is 0 Å². The van der Waals surface area contributed by atoms with E-state index in [4.69, 9.17) is 0 Å². The molecule has 1 aromatic carbocycles. The van der Waals surface area contributed by atoms with Crippen molar-refractivity contribution in [3.8, 4) is 5.75 Å². The molecule has 0 spiro atoms. The lowest BCUT2D eigenvalue weighted by Crippen LogP contribution is -2.48. The van der Waals surface area contributed by atoms with Gasteiger partial charge in [0.1, 0.15) is 16.9 Å². The molecule has 0 bridgehead atoms. The van der Waals surface area contributed by atoms with Crippen molar-refractivity contribution in [3.05, 3.63) is 29.8 Å². The van der Waals surface area contributed by atoms with Crippen LogP contribution in [0.2, 0.25) is 0 Å². The molecular weight excluding hydrogens is 246 g/mol. The Morgan fingerprint density at radius 3 is 2.56 bits per heavy atom. The van der Waals surface area contributed by atoms with E-state index in [1.54, 1.807) is 0 Å². The molecule has 0 saturated heterocycles. The van der Waals surface area contributed by atoms with Crippen molar-refractivity contribution in [2.45, 2.75) is 24.9 Å². The monoisotopic (exact) mass is 256 g/mol. The van der Waals surface area contributed by atoms with Crippen LogP contribution in [0.1, 0.15) is 18.4 Å². The van der Waals surface area contributed by atoms with Crippen LogP contribution in [0.4, 0.5) is 8.78 Å². The van der Waals surface area contributed by atoms with Crippen molar-refractivity contribution in [1.29, 1.82) is 0 Å². The Kier molecular flexibility index (Phi) is 3.02. The van der Waals surface area contributed by atoms with E-state index in [0.717, 1.165) is 0 Å². The SMILES string of the molecule is O=C1CC(C(=O)O)(c2cccc(OC(F)F)c2)C1. The highest BCUT2D eigenvalue weighted by molar-refractivity contribution is 6.01.